The Morgan fingerprint density at radius 1 is 1.33 bits per heavy atom. The Morgan fingerprint density at radius 2 is 2.13 bits per heavy atom. The third-order valence-corrected chi connectivity index (χ3v) is 2.75. The average Bonchev–Trinajstić information content (AvgIpc) is 2.99. The summed E-state index contributed by atoms with van der Waals surface area (Å²) in [6.07, 6.45) is 2.16. The minimum Gasteiger partial charge on any atom is -0.491 e. The van der Waals surface area contributed by atoms with Crippen molar-refractivity contribution in [1.82, 2.24) is 0 Å². The number of hydrogen-bond acceptors (Lipinski definition) is 3. The fraction of sp³-hybridized carbons (Fsp3) is 0.500. The number of nitrogens with two attached hydrogens (primary N) is 1. The first-order valence-corrected chi connectivity index (χ1v) is 5.26. The van der Waals surface area contributed by atoms with E-state index < -0.39 is 0 Å². The van der Waals surface area contributed by atoms with Crippen LogP contribution in [0.1, 0.15) is 18.4 Å². The zero-order chi connectivity index (χ0) is 10.7. The van der Waals surface area contributed by atoms with Crippen molar-refractivity contribution >= 4 is 0 Å². The van der Waals surface area contributed by atoms with E-state index in [0.717, 1.165) is 18.6 Å². The lowest BCUT2D eigenvalue weighted by atomic mass is 10.1. The molecule has 1 aromatic carbocycles. The Labute approximate surface area is 90.2 Å². The lowest BCUT2D eigenvalue weighted by molar-refractivity contribution is 0.146. The van der Waals surface area contributed by atoms with Gasteiger partial charge >= 0.3 is 0 Å². The van der Waals surface area contributed by atoms with E-state index in [9.17, 15) is 0 Å². The van der Waals surface area contributed by atoms with Crippen molar-refractivity contribution in [2.24, 2.45) is 5.73 Å². The van der Waals surface area contributed by atoms with Gasteiger partial charge in [-0.1, -0.05) is 12.1 Å². The highest BCUT2D eigenvalue weighted by Crippen LogP contribution is 2.43. The fourth-order valence-corrected chi connectivity index (χ4v) is 1.56. The summed E-state index contributed by atoms with van der Waals surface area (Å²) in [6, 6.07) is 8.04. The Bertz CT molecular complexity index is 334. The number of methoxy groups -OCH3 is 1. The fourth-order valence-electron chi connectivity index (χ4n) is 1.56. The van der Waals surface area contributed by atoms with Gasteiger partial charge in [-0.3, -0.25) is 0 Å². The highest BCUT2D eigenvalue weighted by molar-refractivity contribution is 5.36. The molecule has 2 N–H and O–H groups in total. The van der Waals surface area contributed by atoms with Gasteiger partial charge in [-0.2, -0.15) is 0 Å². The van der Waals surface area contributed by atoms with Crippen LogP contribution in [0.25, 0.3) is 0 Å². The molecule has 1 aliphatic rings. The summed E-state index contributed by atoms with van der Waals surface area (Å²) in [5, 5.41) is 0. The predicted molar refractivity (Wildman–Crippen MR) is 58.9 cm³/mol. The molecule has 0 amide bonds. The van der Waals surface area contributed by atoms with E-state index in [1.807, 2.05) is 18.2 Å². The van der Waals surface area contributed by atoms with Crippen LogP contribution in [0.2, 0.25) is 0 Å². The number of benzene rings is 1. The monoisotopic (exact) mass is 207 g/mol. The van der Waals surface area contributed by atoms with Crippen LogP contribution in [0.3, 0.4) is 0 Å². The van der Waals surface area contributed by atoms with Gasteiger partial charge in [-0.15, -0.1) is 0 Å². The first kappa shape index (κ1) is 10.5. The Morgan fingerprint density at radius 3 is 2.80 bits per heavy atom. The van der Waals surface area contributed by atoms with Crippen LogP contribution in [-0.4, -0.2) is 20.3 Å². The zero-order valence-electron chi connectivity index (χ0n) is 9.03. The molecule has 3 nitrogen and oxygen atoms in total. The smallest absolute Gasteiger partial charge is 0.119 e. The largest absolute Gasteiger partial charge is 0.491 e. The van der Waals surface area contributed by atoms with Gasteiger partial charge in [0.1, 0.15) is 12.4 Å². The van der Waals surface area contributed by atoms with Gasteiger partial charge in [0.25, 0.3) is 0 Å². The minimum atomic E-state index is -0.0827. The Hall–Kier alpha value is -1.06. The van der Waals surface area contributed by atoms with E-state index in [1.165, 1.54) is 5.56 Å². The summed E-state index contributed by atoms with van der Waals surface area (Å²) >= 11 is 0. The molecule has 2 rings (SSSR count). The van der Waals surface area contributed by atoms with Gasteiger partial charge in [0, 0.05) is 12.6 Å². The summed E-state index contributed by atoms with van der Waals surface area (Å²) in [5.74, 6) is 0.876. The van der Waals surface area contributed by atoms with Gasteiger partial charge in [0.15, 0.2) is 0 Å². The van der Waals surface area contributed by atoms with Crippen LogP contribution in [-0.2, 0) is 10.3 Å². The Kier molecular flexibility index (Phi) is 2.93. The van der Waals surface area contributed by atoms with Gasteiger partial charge in [-0.05, 0) is 30.5 Å². The molecule has 0 heterocycles. The van der Waals surface area contributed by atoms with Gasteiger partial charge in [-0.25, -0.2) is 0 Å². The normalized spacial score (nSPS) is 17.5. The maximum absolute atomic E-state index is 6.11. The van der Waals surface area contributed by atoms with E-state index >= 15 is 0 Å². The molecule has 0 bridgehead atoms. The maximum atomic E-state index is 6.11. The molecular weight excluding hydrogens is 190 g/mol. The number of hydrogen-bond donors (Lipinski definition) is 1. The van der Waals surface area contributed by atoms with Crippen molar-refractivity contribution in [3.63, 3.8) is 0 Å². The lowest BCUT2D eigenvalue weighted by Gasteiger charge is -2.11. The first-order chi connectivity index (χ1) is 7.24. The minimum absolute atomic E-state index is 0.0827. The molecule has 1 aliphatic carbocycles. The Balaban J connectivity index is 2.00. The van der Waals surface area contributed by atoms with Gasteiger partial charge in [0.2, 0.25) is 0 Å². The van der Waals surface area contributed by atoms with E-state index in [2.05, 4.69) is 6.07 Å². The van der Waals surface area contributed by atoms with E-state index in [-0.39, 0.29) is 5.54 Å². The molecule has 1 fully saturated rings. The maximum Gasteiger partial charge on any atom is 0.119 e. The summed E-state index contributed by atoms with van der Waals surface area (Å²) in [5.41, 5.74) is 7.21. The highest BCUT2D eigenvalue weighted by Gasteiger charge is 2.39. The summed E-state index contributed by atoms with van der Waals surface area (Å²) in [7, 11) is 1.67. The van der Waals surface area contributed by atoms with Crippen LogP contribution < -0.4 is 10.5 Å². The topological polar surface area (TPSA) is 44.5 Å². The van der Waals surface area contributed by atoms with E-state index in [1.54, 1.807) is 7.11 Å². The summed E-state index contributed by atoms with van der Waals surface area (Å²) in [6.45, 7) is 1.19. The lowest BCUT2D eigenvalue weighted by Crippen LogP contribution is -2.18. The molecule has 0 aromatic heterocycles. The van der Waals surface area contributed by atoms with E-state index in [0.29, 0.717) is 13.2 Å². The second kappa shape index (κ2) is 4.21. The van der Waals surface area contributed by atoms with Gasteiger partial charge in [0.05, 0.1) is 6.61 Å². The quantitative estimate of drug-likeness (QED) is 0.747. The van der Waals surface area contributed by atoms with E-state index in [4.69, 9.17) is 15.2 Å². The SMILES string of the molecule is COCCOc1cccc(C2(N)CC2)c1. The highest BCUT2D eigenvalue weighted by atomic mass is 16.5. The molecular formula is C12H17NO2. The molecule has 15 heavy (non-hydrogen) atoms. The second-order valence-electron chi connectivity index (χ2n) is 4.03. The van der Waals surface area contributed by atoms with Crippen molar-refractivity contribution < 1.29 is 9.47 Å². The summed E-state index contributed by atoms with van der Waals surface area (Å²) in [4.78, 5) is 0. The second-order valence-corrected chi connectivity index (χ2v) is 4.03. The number of rotatable bonds is 5. The van der Waals surface area contributed by atoms with Gasteiger partial charge < -0.3 is 15.2 Å². The predicted octanol–water partition coefficient (Wildman–Crippen LogP) is 1.66. The van der Waals surface area contributed by atoms with Crippen molar-refractivity contribution in [3.05, 3.63) is 29.8 Å². The zero-order valence-corrected chi connectivity index (χ0v) is 9.03. The standard InChI is InChI=1S/C12H17NO2/c1-14-7-8-15-11-4-2-3-10(9-11)12(13)5-6-12/h2-4,9H,5-8,13H2,1H3. The van der Waals surface area contributed by atoms with Crippen LogP contribution >= 0.6 is 0 Å². The molecule has 82 valence electrons. The molecule has 1 saturated carbocycles. The molecule has 0 atom stereocenters. The average molecular weight is 207 g/mol. The van der Waals surface area contributed by atoms with Crippen molar-refractivity contribution in [2.45, 2.75) is 18.4 Å². The van der Waals surface area contributed by atoms with Crippen molar-refractivity contribution in [1.29, 1.82) is 0 Å². The molecule has 0 spiro atoms. The van der Waals surface area contributed by atoms with Crippen molar-refractivity contribution in [2.75, 3.05) is 20.3 Å². The summed E-state index contributed by atoms with van der Waals surface area (Å²) < 4.78 is 10.5. The van der Waals surface area contributed by atoms with Crippen LogP contribution in [0.4, 0.5) is 0 Å². The molecule has 1 aromatic rings. The number of ether oxygens (including phenoxy) is 2. The van der Waals surface area contributed by atoms with Crippen molar-refractivity contribution in [3.8, 4) is 5.75 Å². The third kappa shape index (κ3) is 2.49. The molecule has 0 radical (unpaired) electrons. The molecule has 0 unspecified atom stereocenters. The van der Waals surface area contributed by atoms with Crippen LogP contribution in [0.15, 0.2) is 24.3 Å². The third-order valence-electron chi connectivity index (χ3n) is 2.75. The molecule has 0 saturated heterocycles. The van der Waals surface area contributed by atoms with Crippen LogP contribution in [0.5, 0.6) is 5.75 Å². The van der Waals surface area contributed by atoms with Crippen LogP contribution in [0, 0.1) is 0 Å². The molecule has 3 heteroatoms. The first-order valence-electron chi connectivity index (χ1n) is 5.26. The molecule has 0 aliphatic heterocycles.